The van der Waals surface area contributed by atoms with E-state index in [2.05, 4.69) is 15.6 Å². The lowest BCUT2D eigenvalue weighted by Gasteiger charge is -2.26. The molecule has 1 aromatic heterocycles. The van der Waals surface area contributed by atoms with E-state index in [0.717, 1.165) is 5.56 Å². The average molecular weight is 431 g/mol. The minimum atomic E-state index is -0.685. The molecule has 2 aromatic rings. The summed E-state index contributed by atoms with van der Waals surface area (Å²) < 4.78 is 0. The van der Waals surface area contributed by atoms with Gasteiger partial charge in [0, 0.05) is 22.9 Å². The number of hydrogen-bond donors (Lipinski definition) is 2. The molecule has 3 amide bonds. The normalized spacial score (nSPS) is 21.1. The zero-order chi connectivity index (χ0) is 20.5. The highest BCUT2D eigenvalue weighted by Crippen LogP contribution is 2.48. The topological polar surface area (TPSA) is 91.4 Å². The van der Waals surface area contributed by atoms with Crippen molar-refractivity contribution in [2.45, 2.75) is 37.7 Å². The predicted molar refractivity (Wildman–Crippen MR) is 114 cm³/mol. The Morgan fingerprint density at radius 2 is 2.10 bits per heavy atom. The number of carbonyl (C=O) groups is 3. The van der Waals surface area contributed by atoms with Crippen LogP contribution < -0.4 is 10.6 Å². The van der Waals surface area contributed by atoms with Crippen LogP contribution in [0.4, 0.5) is 5.13 Å². The third-order valence-corrected chi connectivity index (χ3v) is 6.99. The number of hydrogen-bond acceptors (Lipinski definition) is 6. The van der Waals surface area contributed by atoms with E-state index in [1.54, 1.807) is 34.3 Å². The molecule has 3 heterocycles. The quantitative estimate of drug-likeness (QED) is 0.735. The fourth-order valence-corrected chi connectivity index (χ4v) is 5.69. The van der Waals surface area contributed by atoms with Crippen LogP contribution in [0.5, 0.6) is 0 Å². The van der Waals surface area contributed by atoms with Crippen molar-refractivity contribution in [2.24, 2.45) is 5.92 Å². The van der Waals surface area contributed by atoms with Gasteiger partial charge in [0.1, 0.15) is 17.5 Å². The largest absolute Gasteiger partial charge is 0.342 e. The second-order valence-corrected chi connectivity index (χ2v) is 9.53. The Balaban J connectivity index is 1.48. The van der Waals surface area contributed by atoms with E-state index in [1.165, 1.54) is 11.3 Å². The van der Waals surface area contributed by atoms with Crippen LogP contribution in [-0.2, 0) is 9.59 Å². The lowest BCUT2D eigenvalue weighted by molar-refractivity contribution is -0.129. The molecule has 0 aliphatic carbocycles. The van der Waals surface area contributed by atoms with Gasteiger partial charge < -0.3 is 15.5 Å². The molecule has 0 spiro atoms. The lowest BCUT2D eigenvalue weighted by atomic mass is 10.0. The maximum Gasteiger partial charge on any atom is 0.256 e. The van der Waals surface area contributed by atoms with Crippen LogP contribution in [0.2, 0.25) is 0 Å². The van der Waals surface area contributed by atoms with Crippen LogP contribution in [0.15, 0.2) is 35.8 Å². The summed E-state index contributed by atoms with van der Waals surface area (Å²) in [6, 6.07) is 6.21. The van der Waals surface area contributed by atoms with Gasteiger partial charge in [-0.15, -0.1) is 23.1 Å². The second-order valence-electron chi connectivity index (χ2n) is 7.52. The summed E-state index contributed by atoms with van der Waals surface area (Å²) in [5.41, 5.74) is 1.61. The summed E-state index contributed by atoms with van der Waals surface area (Å²) >= 11 is 2.91. The van der Waals surface area contributed by atoms with Gasteiger partial charge in [-0.05, 0) is 24.0 Å². The number of carbonyl (C=O) groups excluding carboxylic acids is 3. The van der Waals surface area contributed by atoms with Crippen LogP contribution in [0.25, 0.3) is 0 Å². The van der Waals surface area contributed by atoms with Crippen LogP contribution in [-0.4, -0.2) is 45.4 Å². The van der Waals surface area contributed by atoms with Gasteiger partial charge in [-0.1, -0.05) is 32.0 Å². The van der Waals surface area contributed by atoms with E-state index in [1.807, 2.05) is 32.0 Å². The van der Waals surface area contributed by atoms with Crippen LogP contribution in [0.1, 0.15) is 41.6 Å². The molecule has 1 aromatic carbocycles. The Bertz CT molecular complexity index is 932. The number of thioether (sulfide) groups is 1. The third-order valence-electron chi connectivity index (χ3n) is 5.00. The zero-order valence-corrected chi connectivity index (χ0v) is 17.8. The number of nitrogens with one attached hydrogen (secondary N) is 2. The van der Waals surface area contributed by atoms with Gasteiger partial charge in [0.05, 0.1) is 0 Å². The van der Waals surface area contributed by atoms with E-state index in [0.29, 0.717) is 22.9 Å². The van der Waals surface area contributed by atoms with Crippen molar-refractivity contribution in [2.75, 3.05) is 11.1 Å². The molecular weight excluding hydrogens is 408 g/mol. The molecule has 2 aliphatic heterocycles. The number of thiazole rings is 1. The summed E-state index contributed by atoms with van der Waals surface area (Å²) in [4.78, 5) is 44.4. The summed E-state index contributed by atoms with van der Waals surface area (Å²) in [6.07, 6.45) is 2.11. The number of benzene rings is 1. The van der Waals surface area contributed by atoms with Gasteiger partial charge in [-0.2, -0.15) is 0 Å². The molecule has 2 aliphatic rings. The summed E-state index contributed by atoms with van der Waals surface area (Å²) in [5, 5.41) is 7.78. The van der Waals surface area contributed by atoms with Crippen molar-refractivity contribution in [3.05, 3.63) is 47.0 Å². The second kappa shape index (κ2) is 8.16. The van der Waals surface area contributed by atoms with Crippen molar-refractivity contribution in [1.82, 2.24) is 15.2 Å². The van der Waals surface area contributed by atoms with Crippen LogP contribution in [0, 0.1) is 5.92 Å². The maximum absolute atomic E-state index is 13.1. The first-order valence-corrected chi connectivity index (χ1v) is 11.4. The number of anilines is 1. The number of amides is 3. The molecule has 0 saturated carbocycles. The minimum absolute atomic E-state index is 0.122. The van der Waals surface area contributed by atoms with Gasteiger partial charge in [-0.25, -0.2) is 4.98 Å². The number of fused-ring (bicyclic) bond motifs is 3. The third kappa shape index (κ3) is 3.89. The zero-order valence-electron chi connectivity index (χ0n) is 16.1. The van der Waals surface area contributed by atoms with Crippen molar-refractivity contribution in [3.8, 4) is 0 Å². The average Bonchev–Trinajstić information content (AvgIpc) is 3.40. The summed E-state index contributed by atoms with van der Waals surface area (Å²) in [5.74, 6) is 0.0226. The molecule has 152 valence electrons. The Hall–Kier alpha value is -2.39. The van der Waals surface area contributed by atoms with Gasteiger partial charge in [-0.3, -0.25) is 14.4 Å². The molecule has 0 radical (unpaired) electrons. The molecule has 1 fully saturated rings. The lowest BCUT2D eigenvalue weighted by Crippen LogP contribution is -2.52. The first-order chi connectivity index (χ1) is 14.0. The SMILES string of the molecule is CC(C)CC(NC(=O)C1CSC2c3ccccc3C(=O)N12)C(=O)Nc1nccs1. The number of nitrogens with zero attached hydrogens (tertiary/aromatic N) is 2. The minimum Gasteiger partial charge on any atom is -0.342 e. The monoisotopic (exact) mass is 430 g/mol. The fraction of sp³-hybridized carbons (Fsp3) is 0.400. The number of aromatic nitrogens is 1. The van der Waals surface area contributed by atoms with E-state index in [4.69, 9.17) is 0 Å². The van der Waals surface area contributed by atoms with Crippen LogP contribution in [0.3, 0.4) is 0 Å². The summed E-state index contributed by atoms with van der Waals surface area (Å²) in [7, 11) is 0. The molecule has 1 saturated heterocycles. The van der Waals surface area contributed by atoms with Gasteiger partial charge in [0.15, 0.2) is 5.13 Å². The highest BCUT2D eigenvalue weighted by molar-refractivity contribution is 7.99. The van der Waals surface area contributed by atoms with Crippen LogP contribution >= 0.6 is 23.1 Å². The van der Waals surface area contributed by atoms with E-state index in [-0.39, 0.29) is 29.0 Å². The molecule has 7 nitrogen and oxygen atoms in total. The van der Waals surface area contributed by atoms with E-state index < -0.39 is 12.1 Å². The molecule has 2 N–H and O–H groups in total. The highest BCUT2D eigenvalue weighted by atomic mass is 32.2. The molecule has 29 heavy (non-hydrogen) atoms. The molecule has 3 unspecified atom stereocenters. The molecule has 0 bridgehead atoms. The molecular formula is C20H22N4O3S2. The van der Waals surface area contributed by atoms with E-state index >= 15 is 0 Å². The fourth-order valence-electron chi connectivity index (χ4n) is 3.69. The smallest absolute Gasteiger partial charge is 0.256 e. The van der Waals surface area contributed by atoms with Crippen molar-refractivity contribution >= 4 is 46.0 Å². The molecule has 3 atom stereocenters. The number of rotatable bonds is 6. The van der Waals surface area contributed by atoms with Gasteiger partial charge in [0.25, 0.3) is 5.91 Å². The molecule has 9 heteroatoms. The Morgan fingerprint density at radius 1 is 1.31 bits per heavy atom. The predicted octanol–water partition coefficient (Wildman–Crippen LogP) is 2.88. The molecule has 4 rings (SSSR count). The van der Waals surface area contributed by atoms with Crippen molar-refractivity contribution < 1.29 is 14.4 Å². The van der Waals surface area contributed by atoms with Crippen molar-refractivity contribution in [3.63, 3.8) is 0 Å². The Kier molecular flexibility index (Phi) is 5.60. The summed E-state index contributed by atoms with van der Waals surface area (Å²) in [6.45, 7) is 4.00. The van der Waals surface area contributed by atoms with Gasteiger partial charge in [0.2, 0.25) is 11.8 Å². The Labute approximate surface area is 177 Å². The first kappa shape index (κ1) is 19.9. The highest BCUT2D eigenvalue weighted by Gasteiger charge is 2.48. The standard InChI is InChI=1S/C20H22N4O3S2/c1-11(2)9-14(16(25)23-20-21-7-8-28-20)22-17(26)15-10-29-19-13-6-4-3-5-12(13)18(27)24(15)19/h3-8,11,14-15,19H,9-10H2,1-2H3,(H,22,26)(H,21,23,25). The first-order valence-electron chi connectivity index (χ1n) is 9.49. The maximum atomic E-state index is 13.1. The van der Waals surface area contributed by atoms with Gasteiger partial charge >= 0.3 is 0 Å². The van der Waals surface area contributed by atoms with E-state index in [9.17, 15) is 14.4 Å². The Morgan fingerprint density at radius 3 is 2.83 bits per heavy atom. The van der Waals surface area contributed by atoms with Crippen molar-refractivity contribution in [1.29, 1.82) is 0 Å².